The lowest BCUT2D eigenvalue weighted by molar-refractivity contribution is -0.141. The lowest BCUT2D eigenvalue weighted by Crippen LogP contribution is -2.47. The fourth-order valence-electron chi connectivity index (χ4n) is 4.20. The van der Waals surface area contributed by atoms with Crippen LogP contribution in [0.3, 0.4) is 0 Å². The average molecular weight is 373 g/mol. The first-order valence-electron chi connectivity index (χ1n) is 9.89. The maximum atomic E-state index is 13.0. The number of nitrogens with zero attached hydrogens (tertiary/aromatic N) is 3. The molecule has 148 valence electrons. The Labute approximate surface area is 161 Å². The molecular formula is C21H31N3O3. The van der Waals surface area contributed by atoms with Crippen LogP contribution in [-0.2, 0) is 16.0 Å². The van der Waals surface area contributed by atoms with Gasteiger partial charge in [-0.15, -0.1) is 0 Å². The van der Waals surface area contributed by atoms with Gasteiger partial charge in [-0.05, 0) is 38.9 Å². The Hall–Kier alpha value is -1.92. The SMILES string of the molecule is CN(C)[C@@H]1C[C@@H](CO)N(C(=O)C2CCN(C(=O)Cc3ccccc3)CC2)C1. The Kier molecular flexibility index (Phi) is 6.50. The van der Waals surface area contributed by atoms with Crippen LogP contribution in [0.1, 0.15) is 24.8 Å². The summed E-state index contributed by atoms with van der Waals surface area (Å²) in [6.45, 7) is 1.97. The van der Waals surface area contributed by atoms with E-state index in [-0.39, 0.29) is 30.4 Å². The first-order chi connectivity index (χ1) is 13.0. The van der Waals surface area contributed by atoms with Gasteiger partial charge in [0.2, 0.25) is 11.8 Å². The molecule has 6 heteroatoms. The predicted octanol–water partition coefficient (Wildman–Crippen LogP) is 0.991. The summed E-state index contributed by atoms with van der Waals surface area (Å²) in [5, 5.41) is 9.67. The molecule has 1 aromatic carbocycles. The van der Waals surface area contributed by atoms with Crippen LogP contribution >= 0.6 is 0 Å². The van der Waals surface area contributed by atoms with Gasteiger partial charge in [-0.1, -0.05) is 30.3 Å². The molecule has 2 saturated heterocycles. The standard InChI is InChI=1S/C21H31N3O3/c1-22(2)18-13-19(15-25)24(14-18)21(27)17-8-10-23(11-9-17)20(26)12-16-6-4-3-5-7-16/h3-7,17-19,25H,8-15H2,1-2H3/t18-,19+/m1/s1. The monoisotopic (exact) mass is 373 g/mol. The molecule has 0 aliphatic carbocycles. The second-order valence-electron chi connectivity index (χ2n) is 8.00. The maximum Gasteiger partial charge on any atom is 0.226 e. The third-order valence-electron chi connectivity index (χ3n) is 6.01. The van der Waals surface area contributed by atoms with Gasteiger partial charge in [0.1, 0.15) is 0 Å². The average Bonchev–Trinajstić information content (AvgIpc) is 3.13. The van der Waals surface area contributed by atoms with Crippen LogP contribution in [0.4, 0.5) is 0 Å². The number of rotatable bonds is 5. The van der Waals surface area contributed by atoms with Crippen molar-refractivity contribution in [3.05, 3.63) is 35.9 Å². The molecule has 0 radical (unpaired) electrons. The van der Waals surface area contributed by atoms with Crippen molar-refractivity contribution < 1.29 is 14.7 Å². The Morgan fingerprint density at radius 3 is 2.41 bits per heavy atom. The molecule has 1 aromatic rings. The van der Waals surface area contributed by atoms with Crippen molar-refractivity contribution in [3.8, 4) is 0 Å². The van der Waals surface area contributed by atoms with E-state index >= 15 is 0 Å². The summed E-state index contributed by atoms with van der Waals surface area (Å²) in [5.74, 6) is 0.239. The van der Waals surface area contributed by atoms with Crippen LogP contribution in [0, 0.1) is 5.92 Å². The highest BCUT2D eigenvalue weighted by Crippen LogP contribution is 2.27. The number of carbonyl (C=O) groups is 2. The highest BCUT2D eigenvalue weighted by Gasteiger charge is 2.39. The third-order valence-corrected chi connectivity index (χ3v) is 6.01. The summed E-state index contributed by atoms with van der Waals surface area (Å²) in [6.07, 6.45) is 2.66. The van der Waals surface area contributed by atoms with Gasteiger partial charge < -0.3 is 19.8 Å². The number of aliphatic hydroxyl groups is 1. The minimum atomic E-state index is -0.0809. The first-order valence-corrected chi connectivity index (χ1v) is 9.89. The minimum absolute atomic E-state index is 0.0183. The summed E-state index contributed by atoms with van der Waals surface area (Å²) in [4.78, 5) is 31.4. The molecule has 27 heavy (non-hydrogen) atoms. The zero-order valence-corrected chi connectivity index (χ0v) is 16.4. The van der Waals surface area contributed by atoms with Gasteiger partial charge in [-0.25, -0.2) is 0 Å². The van der Waals surface area contributed by atoms with E-state index in [1.165, 1.54) is 0 Å². The maximum absolute atomic E-state index is 13.0. The Morgan fingerprint density at radius 1 is 1.15 bits per heavy atom. The topological polar surface area (TPSA) is 64.1 Å². The van der Waals surface area contributed by atoms with Crippen molar-refractivity contribution in [3.63, 3.8) is 0 Å². The van der Waals surface area contributed by atoms with Crippen LogP contribution in [0.5, 0.6) is 0 Å². The van der Waals surface area contributed by atoms with Crippen molar-refractivity contribution in [2.24, 2.45) is 5.92 Å². The number of piperidine rings is 1. The van der Waals surface area contributed by atoms with Crippen LogP contribution < -0.4 is 0 Å². The molecule has 2 aliphatic rings. The number of amides is 2. The van der Waals surface area contributed by atoms with Gasteiger partial charge >= 0.3 is 0 Å². The van der Waals surface area contributed by atoms with E-state index < -0.39 is 0 Å². The fraction of sp³-hybridized carbons (Fsp3) is 0.619. The van der Waals surface area contributed by atoms with E-state index in [0.29, 0.717) is 44.9 Å². The molecule has 0 spiro atoms. The van der Waals surface area contributed by atoms with Crippen molar-refractivity contribution in [1.29, 1.82) is 0 Å². The highest BCUT2D eigenvalue weighted by atomic mass is 16.3. The lowest BCUT2D eigenvalue weighted by Gasteiger charge is -2.34. The molecule has 2 atom stereocenters. The van der Waals surface area contributed by atoms with Gasteiger partial charge in [0, 0.05) is 31.6 Å². The summed E-state index contributed by atoms with van der Waals surface area (Å²) < 4.78 is 0. The lowest BCUT2D eigenvalue weighted by atomic mass is 9.94. The second-order valence-corrected chi connectivity index (χ2v) is 8.00. The van der Waals surface area contributed by atoms with E-state index in [1.807, 2.05) is 54.2 Å². The molecule has 1 N–H and O–H groups in total. The Morgan fingerprint density at radius 2 is 1.81 bits per heavy atom. The number of hydrogen-bond donors (Lipinski definition) is 1. The summed E-state index contributed by atoms with van der Waals surface area (Å²) in [7, 11) is 4.04. The van der Waals surface area contributed by atoms with E-state index in [4.69, 9.17) is 0 Å². The van der Waals surface area contributed by atoms with Gasteiger partial charge in [-0.2, -0.15) is 0 Å². The molecule has 2 amide bonds. The second kappa shape index (κ2) is 8.85. The van der Waals surface area contributed by atoms with Gasteiger partial charge in [-0.3, -0.25) is 9.59 Å². The third kappa shape index (κ3) is 4.68. The van der Waals surface area contributed by atoms with Crippen molar-refractivity contribution in [1.82, 2.24) is 14.7 Å². The van der Waals surface area contributed by atoms with Crippen LogP contribution in [-0.4, -0.2) is 84.0 Å². The molecule has 6 nitrogen and oxygen atoms in total. The number of benzene rings is 1. The molecular weight excluding hydrogens is 342 g/mol. The highest BCUT2D eigenvalue weighted by molar-refractivity contribution is 5.81. The number of likely N-dealkylation sites (tertiary alicyclic amines) is 2. The Bertz CT molecular complexity index is 641. The summed E-state index contributed by atoms with van der Waals surface area (Å²) >= 11 is 0. The molecule has 0 aromatic heterocycles. The van der Waals surface area contributed by atoms with E-state index in [2.05, 4.69) is 4.90 Å². The molecule has 2 fully saturated rings. The fourth-order valence-corrected chi connectivity index (χ4v) is 4.20. The summed E-state index contributed by atoms with van der Waals surface area (Å²) in [5.41, 5.74) is 1.03. The quantitative estimate of drug-likeness (QED) is 0.836. The van der Waals surface area contributed by atoms with Crippen molar-refractivity contribution in [2.45, 2.75) is 37.8 Å². The predicted molar refractivity (Wildman–Crippen MR) is 104 cm³/mol. The largest absolute Gasteiger partial charge is 0.394 e. The van der Waals surface area contributed by atoms with Crippen LogP contribution in [0.25, 0.3) is 0 Å². The smallest absolute Gasteiger partial charge is 0.226 e. The van der Waals surface area contributed by atoms with E-state index in [9.17, 15) is 14.7 Å². The van der Waals surface area contributed by atoms with Gasteiger partial charge in [0.15, 0.2) is 0 Å². The minimum Gasteiger partial charge on any atom is -0.394 e. The zero-order valence-electron chi connectivity index (χ0n) is 16.4. The van der Waals surface area contributed by atoms with Gasteiger partial charge in [0.25, 0.3) is 0 Å². The zero-order chi connectivity index (χ0) is 19.4. The number of hydrogen-bond acceptors (Lipinski definition) is 4. The van der Waals surface area contributed by atoms with Gasteiger partial charge in [0.05, 0.1) is 19.1 Å². The molecule has 2 heterocycles. The van der Waals surface area contributed by atoms with Crippen molar-refractivity contribution >= 4 is 11.8 Å². The molecule has 3 rings (SSSR count). The summed E-state index contributed by atoms with van der Waals surface area (Å²) in [6, 6.07) is 10.0. The van der Waals surface area contributed by atoms with E-state index in [1.54, 1.807) is 0 Å². The molecule has 2 aliphatic heterocycles. The van der Waals surface area contributed by atoms with Crippen LogP contribution in [0.15, 0.2) is 30.3 Å². The molecule has 0 bridgehead atoms. The van der Waals surface area contributed by atoms with Crippen molar-refractivity contribution in [2.75, 3.05) is 40.3 Å². The van der Waals surface area contributed by atoms with E-state index in [0.717, 1.165) is 12.0 Å². The van der Waals surface area contributed by atoms with Crippen LogP contribution in [0.2, 0.25) is 0 Å². The Balaban J connectivity index is 1.52. The number of aliphatic hydroxyl groups excluding tert-OH is 1. The first kappa shape index (κ1) is 19.8. The molecule has 0 unspecified atom stereocenters. The number of likely N-dealkylation sites (N-methyl/N-ethyl adjacent to an activating group) is 1. The number of carbonyl (C=O) groups excluding carboxylic acids is 2. The molecule has 0 saturated carbocycles. The normalized spacial score (nSPS) is 23.9.